The average Bonchev–Trinajstić information content (AvgIpc) is 2.30. The van der Waals surface area contributed by atoms with E-state index in [-0.39, 0.29) is 5.69 Å². The highest BCUT2D eigenvalue weighted by molar-refractivity contribution is 8.09. The van der Waals surface area contributed by atoms with Crippen molar-refractivity contribution < 1.29 is 14.0 Å². The summed E-state index contributed by atoms with van der Waals surface area (Å²) in [5, 5.41) is 12.8. The highest BCUT2D eigenvalue weighted by atomic mass is 32.5. The predicted octanol–water partition coefficient (Wildman–Crippen LogP) is 1.70. The second kappa shape index (κ2) is 6.04. The summed E-state index contributed by atoms with van der Waals surface area (Å²) in [6, 6.07) is 5.51. The van der Waals surface area contributed by atoms with E-state index >= 15 is 0 Å². The number of nitro groups is 1. The van der Waals surface area contributed by atoms with Gasteiger partial charge in [-0.3, -0.25) is 16.0 Å². The number of nitrogens with one attached hydrogen (secondary N) is 1. The maximum Gasteiger partial charge on any atom is 0.326 e. The zero-order valence-corrected chi connectivity index (χ0v) is 10.7. The van der Waals surface area contributed by atoms with Crippen LogP contribution in [0, 0.1) is 10.1 Å². The second-order valence-corrected chi connectivity index (χ2v) is 6.02. The fourth-order valence-corrected chi connectivity index (χ4v) is 2.52. The predicted molar refractivity (Wildman–Crippen MR) is 67.0 cm³/mol. The quantitative estimate of drug-likeness (QED) is 0.353. The molecule has 0 aliphatic carbocycles. The van der Waals surface area contributed by atoms with Crippen LogP contribution in [0.25, 0.3) is 0 Å². The molecule has 0 amide bonds. The number of hydrazine groups is 1. The van der Waals surface area contributed by atoms with Crippen LogP contribution in [0.1, 0.15) is 6.92 Å². The van der Waals surface area contributed by atoms with E-state index in [1.807, 2.05) is 0 Å². The molecule has 0 spiro atoms. The van der Waals surface area contributed by atoms with Gasteiger partial charge in [-0.1, -0.05) is 0 Å². The topological polar surface area (TPSA) is 99.7 Å². The third kappa shape index (κ3) is 4.03. The average molecular weight is 277 g/mol. The lowest BCUT2D eigenvalue weighted by molar-refractivity contribution is -0.384. The second-order valence-electron chi connectivity index (χ2n) is 2.89. The molecule has 1 rings (SSSR count). The summed E-state index contributed by atoms with van der Waals surface area (Å²) in [7, 11) is 0. The minimum atomic E-state index is -2.77. The molecule has 1 aromatic carbocycles. The summed E-state index contributed by atoms with van der Waals surface area (Å²) in [6.07, 6.45) is 0. The fourth-order valence-electron chi connectivity index (χ4n) is 1.03. The molecule has 0 aromatic heterocycles. The standard InChI is InChI=1S/C8H12N3O4PS/c1-2-14-16(17,10-9)15-8-5-3-7(4-6-8)11(12)13/h3-6H,2,9H2,1H3,(H,10,17). The van der Waals surface area contributed by atoms with Gasteiger partial charge in [-0.15, -0.1) is 0 Å². The zero-order chi connectivity index (χ0) is 12.9. The Morgan fingerprint density at radius 1 is 1.53 bits per heavy atom. The van der Waals surface area contributed by atoms with Crippen molar-refractivity contribution in [1.29, 1.82) is 0 Å². The smallest absolute Gasteiger partial charge is 0.326 e. The molecule has 0 saturated heterocycles. The number of nitro benzene ring substituents is 1. The Hall–Kier alpha value is -1.05. The van der Waals surface area contributed by atoms with Gasteiger partial charge in [-0.2, -0.15) is 5.20 Å². The van der Waals surface area contributed by atoms with Crippen molar-refractivity contribution in [3.63, 3.8) is 0 Å². The Bertz CT molecular complexity index is 439. The van der Waals surface area contributed by atoms with E-state index in [4.69, 9.17) is 26.7 Å². The van der Waals surface area contributed by atoms with Crippen molar-refractivity contribution in [1.82, 2.24) is 5.20 Å². The lowest BCUT2D eigenvalue weighted by Crippen LogP contribution is -2.22. The molecule has 0 fully saturated rings. The van der Waals surface area contributed by atoms with Crippen LogP contribution in [-0.2, 0) is 16.3 Å². The monoisotopic (exact) mass is 277 g/mol. The Morgan fingerprint density at radius 2 is 2.12 bits per heavy atom. The largest absolute Gasteiger partial charge is 0.432 e. The zero-order valence-electron chi connectivity index (χ0n) is 9.03. The van der Waals surface area contributed by atoms with Gasteiger partial charge in [0.15, 0.2) is 0 Å². The maximum atomic E-state index is 10.5. The number of non-ortho nitro benzene ring substituents is 1. The van der Waals surface area contributed by atoms with E-state index in [9.17, 15) is 10.1 Å². The van der Waals surface area contributed by atoms with Gasteiger partial charge in [-0.25, -0.2) is 0 Å². The minimum absolute atomic E-state index is 0.0252. The highest BCUT2D eigenvalue weighted by Crippen LogP contribution is 2.43. The van der Waals surface area contributed by atoms with Gasteiger partial charge < -0.3 is 9.05 Å². The Labute approximate surface area is 103 Å². The minimum Gasteiger partial charge on any atom is -0.432 e. The molecule has 94 valence electrons. The molecule has 0 heterocycles. The van der Waals surface area contributed by atoms with Crippen molar-refractivity contribution in [2.75, 3.05) is 6.61 Å². The summed E-state index contributed by atoms with van der Waals surface area (Å²) in [5.41, 5.74) is -0.0252. The van der Waals surface area contributed by atoms with Crippen molar-refractivity contribution in [2.45, 2.75) is 6.92 Å². The van der Waals surface area contributed by atoms with E-state index in [1.165, 1.54) is 24.3 Å². The molecule has 7 nitrogen and oxygen atoms in total. The number of benzene rings is 1. The van der Waals surface area contributed by atoms with Gasteiger partial charge in [-0.05, 0) is 30.9 Å². The number of rotatable bonds is 6. The highest BCUT2D eigenvalue weighted by Gasteiger charge is 2.18. The molecule has 0 radical (unpaired) electrons. The van der Waals surface area contributed by atoms with Crippen LogP contribution in [-0.4, -0.2) is 11.5 Å². The van der Waals surface area contributed by atoms with Crippen molar-refractivity contribution in [2.24, 2.45) is 5.84 Å². The molecule has 1 atom stereocenters. The molecule has 1 aromatic rings. The van der Waals surface area contributed by atoms with Crippen LogP contribution < -0.4 is 15.6 Å². The van der Waals surface area contributed by atoms with Gasteiger partial charge in [0, 0.05) is 12.1 Å². The van der Waals surface area contributed by atoms with Crippen LogP contribution >= 0.6 is 6.64 Å². The van der Waals surface area contributed by atoms with Crippen molar-refractivity contribution in [3.8, 4) is 5.75 Å². The van der Waals surface area contributed by atoms with Gasteiger partial charge in [0.25, 0.3) is 5.69 Å². The Morgan fingerprint density at radius 3 is 2.53 bits per heavy atom. The first kappa shape index (κ1) is 14.0. The lowest BCUT2D eigenvalue weighted by atomic mass is 10.3. The lowest BCUT2D eigenvalue weighted by Gasteiger charge is -2.20. The SMILES string of the molecule is CCOP(=S)(NN)Oc1ccc([N+](=O)[O-])cc1. The van der Waals surface area contributed by atoms with Gasteiger partial charge >= 0.3 is 6.64 Å². The molecule has 0 bridgehead atoms. The molecule has 0 aliphatic rings. The van der Waals surface area contributed by atoms with E-state index in [1.54, 1.807) is 6.92 Å². The Balaban J connectivity index is 2.81. The molecule has 1 unspecified atom stereocenters. The summed E-state index contributed by atoms with van der Waals surface area (Å²) in [4.78, 5) is 9.95. The third-order valence-electron chi connectivity index (χ3n) is 1.73. The van der Waals surface area contributed by atoms with Gasteiger partial charge in [0.05, 0.1) is 11.5 Å². The Kier molecular flexibility index (Phi) is 4.98. The number of hydrogen-bond acceptors (Lipinski definition) is 6. The van der Waals surface area contributed by atoms with E-state index < -0.39 is 11.6 Å². The fraction of sp³-hybridized carbons (Fsp3) is 0.250. The van der Waals surface area contributed by atoms with Crippen LogP contribution in [0.15, 0.2) is 24.3 Å². The first-order chi connectivity index (χ1) is 8.00. The number of hydrogen-bond donors (Lipinski definition) is 2. The van der Waals surface area contributed by atoms with Crippen LogP contribution in [0.3, 0.4) is 0 Å². The summed E-state index contributed by atoms with van der Waals surface area (Å²) in [6.45, 7) is -0.653. The molecular formula is C8H12N3O4PS. The van der Waals surface area contributed by atoms with E-state index in [2.05, 4.69) is 5.20 Å². The molecule has 0 aliphatic heterocycles. The normalized spacial score (nSPS) is 14.0. The number of nitrogens with two attached hydrogens (primary N) is 1. The van der Waals surface area contributed by atoms with E-state index in [0.29, 0.717) is 12.4 Å². The van der Waals surface area contributed by atoms with Crippen LogP contribution in [0.2, 0.25) is 0 Å². The van der Waals surface area contributed by atoms with Crippen molar-refractivity contribution in [3.05, 3.63) is 34.4 Å². The van der Waals surface area contributed by atoms with Crippen LogP contribution in [0.4, 0.5) is 5.69 Å². The summed E-state index contributed by atoms with van der Waals surface area (Å²) >= 11 is 5.07. The van der Waals surface area contributed by atoms with Crippen molar-refractivity contribution >= 4 is 24.1 Å². The number of nitrogens with zero attached hydrogens (tertiary/aromatic N) is 1. The molecule has 0 saturated carbocycles. The summed E-state index contributed by atoms with van der Waals surface area (Å²) < 4.78 is 10.6. The first-order valence-electron chi connectivity index (χ1n) is 4.67. The van der Waals surface area contributed by atoms with Gasteiger partial charge in [0.1, 0.15) is 5.75 Å². The van der Waals surface area contributed by atoms with E-state index in [0.717, 1.165) is 0 Å². The third-order valence-corrected chi connectivity index (χ3v) is 3.95. The molecule has 9 heteroatoms. The van der Waals surface area contributed by atoms with Gasteiger partial charge in [0.2, 0.25) is 0 Å². The molecular weight excluding hydrogens is 265 g/mol. The maximum absolute atomic E-state index is 10.5. The van der Waals surface area contributed by atoms with Crippen LogP contribution in [0.5, 0.6) is 5.75 Å². The summed E-state index contributed by atoms with van der Waals surface area (Å²) in [5.74, 6) is 5.62. The first-order valence-corrected chi connectivity index (χ1v) is 7.31. The molecule has 17 heavy (non-hydrogen) atoms. The molecule has 3 N–H and O–H groups in total.